The molecule has 1 aromatic rings. The van der Waals surface area contributed by atoms with Crippen LogP contribution in [0.25, 0.3) is 0 Å². The third-order valence-electron chi connectivity index (χ3n) is 2.57. The van der Waals surface area contributed by atoms with Crippen LogP contribution in [0.4, 0.5) is 0 Å². The molecule has 0 radical (unpaired) electrons. The molecular formula is C14H24BrIN4O2S. The van der Waals surface area contributed by atoms with Crippen molar-refractivity contribution in [3.05, 3.63) is 28.2 Å². The van der Waals surface area contributed by atoms with Crippen molar-refractivity contribution in [3.8, 4) is 0 Å². The molecule has 0 bridgehead atoms. The average Bonchev–Trinajstić information content (AvgIpc) is 2.35. The summed E-state index contributed by atoms with van der Waals surface area (Å²) in [5.74, 6) is 0.295. The maximum absolute atomic E-state index is 12.2. The van der Waals surface area contributed by atoms with Crippen molar-refractivity contribution in [2.24, 2.45) is 10.7 Å². The first kappa shape index (κ1) is 22.6. The van der Waals surface area contributed by atoms with Gasteiger partial charge in [0, 0.05) is 16.6 Å². The fourth-order valence-corrected chi connectivity index (χ4v) is 3.74. The van der Waals surface area contributed by atoms with Crippen molar-refractivity contribution in [3.63, 3.8) is 0 Å². The fraction of sp³-hybridized carbons (Fsp3) is 0.500. The SMILES string of the molecule is Cc1ccc(Br)c(S(=O)(=O)NCCN=C(N)NC(C)(C)C)c1.I. The van der Waals surface area contributed by atoms with E-state index in [-0.39, 0.29) is 47.5 Å². The molecular weight excluding hydrogens is 495 g/mol. The number of sulfonamides is 1. The van der Waals surface area contributed by atoms with Crippen LogP contribution in [0.1, 0.15) is 26.3 Å². The molecule has 0 atom stereocenters. The van der Waals surface area contributed by atoms with E-state index in [1.807, 2.05) is 33.8 Å². The monoisotopic (exact) mass is 518 g/mol. The maximum Gasteiger partial charge on any atom is 0.241 e. The van der Waals surface area contributed by atoms with E-state index < -0.39 is 10.0 Å². The molecule has 0 heterocycles. The molecule has 0 spiro atoms. The van der Waals surface area contributed by atoms with Gasteiger partial charge in [-0.3, -0.25) is 4.99 Å². The van der Waals surface area contributed by atoms with Crippen LogP contribution >= 0.6 is 39.9 Å². The Morgan fingerprint density at radius 2 is 1.96 bits per heavy atom. The summed E-state index contributed by atoms with van der Waals surface area (Å²) < 4.78 is 27.5. The highest BCUT2D eigenvalue weighted by Crippen LogP contribution is 2.22. The van der Waals surface area contributed by atoms with Crippen LogP contribution in [0.3, 0.4) is 0 Å². The zero-order chi connectivity index (χ0) is 17.0. The maximum atomic E-state index is 12.2. The van der Waals surface area contributed by atoms with E-state index in [9.17, 15) is 8.42 Å². The van der Waals surface area contributed by atoms with Crippen molar-refractivity contribution < 1.29 is 8.42 Å². The smallest absolute Gasteiger partial charge is 0.241 e. The van der Waals surface area contributed by atoms with E-state index >= 15 is 0 Å². The van der Waals surface area contributed by atoms with E-state index in [4.69, 9.17) is 5.73 Å². The Labute approximate surface area is 163 Å². The van der Waals surface area contributed by atoms with Gasteiger partial charge >= 0.3 is 0 Å². The van der Waals surface area contributed by atoms with Crippen molar-refractivity contribution in [2.45, 2.75) is 38.1 Å². The lowest BCUT2D eigenvalue weighted by molar-refractivity contribution is 0.508. The molecule has 1 rings (SSSR count). The van der Waals surface area contributed by atoms with E-state index in [2.05, 4.69) is 31.0 Å². The highest BCUT2D eigenvalue weighted by atomic mass is 127. The minimum Gasteiger partial charge on any atom is -0.370 e. The molecule has 0 fully saturated rings. The lowest BCUT2D eigenvalue weighted by Crippen LogP contribution is -2.45. The standard InChI is InChI=1S/C14H23BrN4O2S.HI/c1-10-5-6-11(15)12(9-10)22(20,21)18-8-7-17-13(16)19-14(2,3)4;/h5-6,9,18H,7-8H2,1-4H3,(H3,16,17,19);1H. The van der Waals surface area contributed by atoms with Gasteiger partial charge in [-0.25, -0.2) is 13.1 Å². The summed E-state index contributed by atoms with van der Waals surface area (Å²) in [6.07, 6.45) is 0. The van der Waals surface area contributed by atoms with Crippen molar-refractivity contribution >= 4 is 55.9 Å². The predicted molar refractivity (Wildman–Crippen MR) is 109 cm³/mol. The molecule has 4 N–H and O–H groups in total. The summed E-state index contributed by atoms with van der Waals surface area (Å²) in [7, 11) is -3.57. The number of nitrogens with two attached hydrogens (primary N) is 1. The van der Waals surface area contributed by atoms with Crippen molar-refractivity contribution in [2.75, 3.05) is 13.1 Å². The molecule has 0 saturated carbocycles. The minimum atomic E-state index is -3.57. The van der Waals surface area contributed by atoms with Gasteiger partial charge in [-0.15, -0.1) is 24.0 Å². The van der Waals surface area contributed by atoms with Gasteiger partial charge in [0.2, 0.25) is 10.0 Å². The third kappa shape index (κ3) is 8.32. The number of aliphatic imine (C=N–C) groups is 1. The number of guanidine groups is 1. The van der Waals surface area contributed by atoms with Crippen LogP contribution < -0.4 is 15.8 Å². The summed E-state index contributed by atoms with van der Waals surface area (Å²) in [6.45, 7) is 8.18. The molecule has 6 nitrogen and oxygen atoms in total. The number of rotatable bonds is 5. The third-order valence-corrected chi connectivity index (χ3v) is 5.02. The number of halogens is 2. The van der Waals surface area contributed by atoms with Gasteiger partial charge in [-0.1, -0.05) is 6.07 Å². The second-order valence-corrected chi connectivity index (χ2v) is 8.56. The quantitative estimate of drug-likeness (QED) is 0.241. The van der Waals surface area contributed by atoms with E-state index in [1.54, 1.807) is 12.1 Å². The summed E-state index contributed by atoms with van der Waals surface area (Å²) in [4.78, 5) is 4.31. The number of nitrogens with zero attached hydrogens (tertiary/aromatic N) is 1. The Bertz CT molecular complexity index is 657. The van der Waals surface area contributed by atoms with Crippen LogP contribution in [-0.2, 0) is 10.0 Å². The highest BCUT2D eigenvalue weighted by molar-refractivity contribution is 14.0. The normalized spacial score (nSPS) is 12.7. The molecule has 132 valence electrons. The minimum absolute atomic E-state index is 0. The van der Waals surface area contributed by atoms with Crippen molar-refractivity contribution in [1.29, 1.82) is 0 Å². The lowest BCUT2D eigenvalue weighted by Gasteiger charge is -2.21. The lowest BCUT2D eigenvalue weighted by atomic mass is 10.1. The summed E-state index contributed by atoms with van der Waals surface area (Å²) >= 11 is 3.25. The summed E-state index contributed by atoms with van der Waals surface area (Å²) in [5.41, 5.74) is 6.41. The highest BCUT2D eigenvalue weighted by Gasteiger charge is 2.17. The Kier molecular flexibility index (Phi) is 9.03. The van der Waals surface area contributed by atoms with Crippen molar-refractivity contribution in [1.82, 2.24) is 10.0 Å². The Morgan fingerprint density at radius 3 is 2.52 bits per heavy atom. The van der Waals surface area contributed by atoms with Crippen LogP contribution in [0.2, 0.25) is 0 Å². The van der Waals surface area contributed by atoms with Gasteiger partial charge in [0.15, 0.2) is 5.96 Å². The van der Waals surface area contributed by atoms with E-state index in [1.165, 1.54) is 0 Å². The second-order valence-electron chi connectivity index (χ2n) is 5.97. The van der Waals surface area contributed by atoms with Gasteiger partial charge in [0.1, 0.15) is 0 Å². The molecule has 0 aliphatic rings. The number of aryl methyl sites for hydroxylation is 1. The van der Waals surface area contributed by atoms with Crippen LogP contribution in [0.15, 0.2) is 32.6 Å². The zero-order valence-electron chi connectivity index (χ0n) is 13.7. The molecule has 9 heteroatoms. The number of hydrogen-bond donors (Lipinski definition) is 3. The molecule has 23 heavy (non-hydrogen) atoms. The Hall–Kier alpha value is -0.390. The molecule has 0 unspecified atom stereocenters. The van der Waals surface area contributed by atoms with Gasteiger partial charge in [-0.05, 0) is 61.3 Å². The predicted octanol–water partition coefficient (Wildman–Crippen LogP) is 2.36. The molecule has 0 amide bonds. The fourth-order valence-electron chi connectivity index (χ4n) is 1.67. The molecule has 0 saturated heterocycles. The van der Waals surface area contributed by atoms with Gasteiger partial charge in [0.05, 0.1) is 11.4 Å². The summed E-state index contributed by atoms with van der Waals surface area (Å²) in [6, 6.07) is 5.17. The average molecular weight is 519 g/mol. The van der Waals surface area contributed by atoms with Crippen LogP contribution in [0, 0.1) is 6.92 Å². The van der Waals surface area contributed by atoms with Gasteiger partial charge in [0.25, 0.3) is 0 Å². The number of nitrogens with one attached hydrogen (secondary N) is 2. The molecule has 0 aromatic heterocycles. The Balaban J connectivity index is 0.00000484. The first-order valence-corrected chi connectivity index (χ1v) is 9.13. The first-order chi connectivity index (χ1) is 10.0. The van der Waals surface area contributed by atoms with Crippen LogP contribution in [-0.4, -0.2) is 33.0 Å². The molecule has 0 aliphatic heterocycles. The summed E-state index contributed by atoms with van der Waals surface area (Å²) in [5, 5.41) is 3.01. The number of benzene rings is 1. The second kappa shape index (κ2) is 9.19. The Morgan fingerprint density at radius 1 is 1.35 bits per heavy atom. The van der Waals surface area contributed by atoms with Crippen LogP contribution in [0.5, 0.6) is 0 Å². The van der Waals surface area contributed by atoms with Gasteiger partial charge < -0.3 is 11.1 Å². The molecule has 1 aromatic carbocycles. The number of hydrogen-bond acceptors (Lipinski definition) is 3. The van der Waals surface area contributed by atoms with E-state index in [0.717, 1.165) is 5.56 Å². The largest absolute Gasteiger partial charge is 0.370 e. The first-order valence-electron chi connectivity index (χ1n) is 6.85. The van der Waals surface area contributed by atoms with E-state index in [0.29, 0.717) is 10.4 Å². The van der Waals surface area contributed by atoms with Gasteiger partial charge in [-0.2, -0.15) is 0 Å². The molecule has 0 aliphatic carbocycles. The zero-order valence-corrected chi connectivity index (χ0v) is 18.4. The topological polar surface area (TPSA) is 96.6 Å².